The molecule has 1 atom stereocenters. The number of nitrogens with zero attached hydrogens (tertiary/aromatic N) is 3. The molecule has 0 amide bonds. The van der Waals surface area contributed by atoms with Crippen LogP contribution in [0.25, 0.3) is 5.69 Å². The Morgan fingerprint density at radius 3 is 2.59 bits per heavy atom. The zero-order chi connectivity index (χ0) is 20.4. The number of ether oxygens (including phenoxy) is 1. The SMILES string of the molecule is CCNc1c(S(=O)CC)c(C#N)nn1-c1c(Cl)cc(OC(F)(F)F)cc1Br. The van der Waals surface area contributed by atoms with Crippen molar-refractivity contribution in [3.05, 3.63) is 27.3 Å². The van der Waals surface area contributed by atoms with Crippen molar-refractivity contribution in [1.82, 2.24) is 9.78 Å². The zero-order valence-electron chi connectivity index (χ0n) is 14.0. The van der Waals surface area contributed by atoms with Gasteiger partial charge in [-0.05, 0) is 28.9 Å². The third kappa shape index (κ3) is 4.75. The number of hydrogen-bond donors (Lipinski definition) is 1. The Bertz CT molecular complexity index is 904. The zero-order valence-corrected chi connectivity index (χ0v) is 17.2. The summed E-state index contributed by atoms with van der Waals surface area (Å²) in [4.78, 5) is 0.209. The van der Waals surface area contributed by atoms with Crippen molar-refractivity contribution in [3.8, 4) is 17.5 Å². The van der Waals surface area contributed by atoms with E-state index in [1.54, 1.807) is 13.8 Å². The molecule has 2 rings (SSSR count). The highest BCUT2D eigenvalue weighted by Gasteiger charge is 2.32. The first-order valence-corrected chi connectivity index (χ1v) is 10.0. The monoisotopic (exact) mass is 484 g/mol. The molecule has 0 aliphatic rings. The van der Waals surface area contributed by atoms with Crippen molar-refractivity contribution in [3.63, 3.8) is 0 Å². The number of halogens is 5. The van der Waals surface area contributed by atoms with Gasteiger partial charge in [0.15, 0.2) is 5.69 Å². The molecule has 2 aromatic rings. The van der Waals surface area contributed by atoms with Crippen molar-refractivity contribution < 1.29 is 22.1 Å². The molecule has 146 valence electrons. The van der Waals surface area contributed by atoms with Gasteiger partial charge in [-0.3, -0.25) is 4.21 Å². The molecular weight excluding hydrogens is 473 g/mol. The molecular formula is C15H13BrClF3N4O2S. The molecule has 27 heavy (non-hydrogen) atoms. The normalized spacial score (nSPS) is 12.5. The molecule has 1 aromatic carbocycles. The van der Waals surface area contributed by atoms with E-state index in [2.05, 4.69) is 31.1 Å². The first kappa shape index (κ1) is 21.5. The van der Waals surface area contributed by atoms with Gasteiger partial charge in [0.25, 0.3) is 0 Å². The van der Waals surface area contributed by atoms with Gasteiger partial charge in [-0.2, -0.15) is 10.4 Å². The van der Waals surface area contributed by atoms with Gasteiger partial charge in [0.2, 0.25) is 0 Å². The highest BCUT2D eigenvalue weighted by Crippen LogP contribution is 2.38. The molecule has 1 heterocycles. The molecule has 6 nitrogen and oxygen atoms in total. The third-order valence-corrected chi connectivity index (χ3v) is 5.48. The molecule has 0 radical (unpaired) electrons. The second kappa shape index (κ2) is 8.50. The van der Waals surface area contributed by atoms with Crippen molar-refractivity contribution >= 4 is 44.1 Å². The number of benzene rings is 1. The minimum absolute atomic E-state index is 0.0651. The van der Waals surface area contributed by atoms with Gasteiger partial charge >= 0.3 is 6.36 Å². The molecule has 0 aliphatic carbocycles. The van der Waals surface area contributed by atoms with Gasteiger partial charge < -0.3 is 10.1 Å². The first-order valence-electron chi connectivity index (χ1n) is 7.53. The number of anilines is 1. The van der Waals surface area contributed by atoms with Crippen molar-refractivity contribution in [1.29, 1.82) is 5.26 Å². The lowest BCUT2D eigenvalue weighted by molar-refractivity contribution is -0.274. The maximum Gasteiger partial charge on any atom is 0.573 e. The Morgan fingerprint density at radius 2 is 2.11 bits per heavy atom. The van der Waals surface area contributed by atoms with Gasteiger partial charge in [0, 0.05) is 22.8 Å². The Morgan fingerprint density at radius 1 is 1.44 bits per heavy atom. The number of alkyl halides is 3. The molecule has 0 bridgehead atoms. The summed E-state index contributed by atoms with van der Waals surface area (Å²) in [6.07, 6.45) is -4.87. The van der Waals surface area contributed by atoms with E-state index >= 15 is 0 Å². The van der Waals surface area contributed by atoms with Crippen molar-refractivity contribution in [2.75, 3.05) is 17.6 Å². The number of nitriles is 1. The van der Waals surface area contributed by atoms with Crippen molar-refractivity contribution in [2.45, 2.75) is 25.1 Å². The number of aromatic nitrogens is 2. The van der Waals surface area contributed by atoms with E-state index in [1.165, 1.54) is 4.68 Å². The summed E-state index contributed by atoms with van der Waals surface area (Å²) in [7, 11) is -1.50. The smallest absolute Gasteiger partial charge is 0.406 e. The molecule has 0 saturated carbocycles. The molecule has 1 aromatic heterocycles. The quantitative estimate of drug-likeness (QED) is 0.646. The van der Waals surface area contributed by atoms with Crippen LogP contribution in [-0.4, -0.2) is 32.6 Å². The average molecular weight is 486 g/mol. The minimum atomic E-state index is -4.87. The van der Waals surface area contributed by atoms with E-state index < -0.39 is 22.9 Å². The maximum atomic E-state index is 12.4. The number of nitrogens with one attached hydrogen (secondary N) is 1. The third-order valence-electron chi connectivity index (χ3n) is 3.22. The topological polar surface area (TPSA) is 79.9 Å². The summed E-state index contributed by atoms with van der Waals surface area (Å²) >= 11 is 9.32. The second-order valence-electron chi connectivity index (χ2n) is 5.00. The van der Waals surface area contributed by atoms with Gasteiger partial charge in [-0.25, -0.2) is 4.68 Å². The number of rotatable bonds is 6. The molecule has 0 aliphatic heterocycles. The van der Waals surface area contributed by atoms with E-state index in [0.717, 1.165) is 12.1 Å². The van der Waals surface area contributed by atoms with Crippen LogP contribution in [0.15, 0.2) is 21.5 Å². The fourth-order valence-electron chi connectivity index (χ4n) is 2.26. The molecule has 0 saturated heterocycles. The van der Waals surface area contributed by atoms with Crippen LogP contribution in [0, 0.1) is 11.3 Å². The van der Waals surface area contributed by atoms with Gasteiger partial charge in [0.05, 0.1) is 15.8 Å². The Labute approximate surface area is 168 Å². The molecule has 1 N–H and O–H groups in total. The van der Waals surface area contributed by atoms with Crippen LogP contribution in [0.2, 0.25) is 5.02 Å². The van der Waals surface area contributed by atoms with E-state index in [0.29, 0.717) is 6.54 Å². The van der Waals surface area contributed by atoms with Crippen LogP contribution in [0.1, 0.15) is 19.5 Å². The summed E-state index contributed by atoms with van der Waals surface area (Å²) in [5, 5.41) is 16.4. The summed E-state index contributed by atoms with van der Waals surface area (Å²) in [5.74, 6) is 0.0194. The fraction of sp³-hybridized carbons (Fsp3) is 0.333. The van der Waals surface area contributed by atoms with Crippen LogP contribution in [-0.2, 0) is 10.8 Å². The van der Waals surface area contributed by atoms with Crippen molar-refractivity contribution in [2.24, 2.45) is 0 Å². The summed E-state index contributed by atoms with van der Waals surface area (Å²) < 4.78 is 55.0. The van der Waals surface area contributed by atoms with E-state index in [4.69, 9.17) is 11.6 Å². The average Bonchev–Trinajstić information content (AvgIpc) is 2.90. The predicted octanol–water partition coefficient (Wildman–Crippen LogP) is 4.62. The Balaban J connectivity index is 2.70. The molecule has 0 spiro atoms. The fourth-order valence-corrected chi connectivity index (χ4v) is 4.23. The standard InChI is InChI=1S/C15H13BrClF3N4O2S/c1-3-22-14-13(27(25)4-2)11(7-21)23-24(14)12-9(16)5-8(6-10(12)17)26-15(18,19)20/h5-6,22H,3-4H2,1-2H3. The highest BCUT2D eigenvalue weighted by molar-refractivity contribution is 9.10. The second-order valence-corrected chi connectivity index (χ2v) is 7.94. The molecule has 12 heteroatoms. The molecule has 1 unspecified atom stereocenters. The summed E-state index contributed by atoms with van der Waals surface area (Å²) in [5.41, 5.74) is 0.114. The largest absolute Gasteiger partial charge is 0.573 e. The van der Waals surface area contributed by atoms with E-state index in [9.17, 15) is 22.6 Å². The summed E-state index contributed by atoms with van der Waals surface area (Å²) in [6, 6.07) is 3.94. The van der Waals surface area contributed by atoms with Gasteiger partial charge in [0.1, 0.15) is 28.2 Å². The van der Waals surface area contributed by atoms with E-state index in [1.807, 2.05) is 6.07 Å². The lowest BCUT2D eigenvalue weighted by Gasteiger charge is -2.15. The summed E-state index contributed by atoms with van der Waals surface area (Å²) in [6.45, 7) is 3.91. The van der Waals surface area contributed by atoms with Crippen LogP contribution >= 0.6 is 27.5 Å². The minimum Gasteiger partial charge on any atom is -0.406 e. The molecule has 0 fully saturated rings. The maximum absolute atomic E-state index is 12.4. The van der Waals surface area contributed by atoms with E-state index in [-0.39, 0.29) is 37.3 Å². The predicted molar refractivity (Wildman–Crippen MR) is 98.8 cm³/mol. The van der Waals surface area contributed by atoms with Crippen LogP contribution in [0.3, 0.4) is 0 Å². The van der Waals surface area contributed by atoms with Crippen LogP contribution in [0.4, 0.5) is 19.0 Å². The van der Waals surface area contributed by atoms with Crippen LogP contribution < -0.4 is 10.1 Å². The number of hydrogen-bond acceptors (Lipinski definition) is 5. The Kier molecular flexibility index (Phi) is 6.77. The van der Waals surface area contributed by atoms with Gasteiger partial charge in [-0.1, -0.05) is 18.5 Å². The first-order chi connectivity index (χ1) is 12.6. The lowest BCUT2D eigenvalue weighted by Crippen LogP contribution is -2.17. The van der Waals surface area contributed by atoms with Crippen LogP contribution in [0.5, 0.6) is 5.75 Å². The van der Waals surface area contributed by atoms with Gasteiger partial charge in [-0.15, -0.1) is 13.2 Å². The highest BCUT2D eigenvalue weighted by atomic mass is 79.9. The lowest BCUT2D eigenvalue weighted by atomic mass is 10.3. The Hall–Kier alpha value is -1.77.